The van der Waals surface area contributed by atoms with Crippen LogP contribution in [0, 0.1) is 5.41 Å². The number of carbonyl (C=O) groups excluding carboxylic acids is 1. The quantitative estimate of drug-likeness (QED) is 0.805. The number of piperidine rings is 1. The van der Waals surface area contributed by atoms with Gasteiger partial charge in [-0.05, 0) is 37.8 Å². The van der Waals surface area contributed by atoms with Gasteiger partial charge in [-0.2, -0.15) is 0 Å². The van der Waals surface area contributed by atoms with Crippen LogP contribution in [-0.4, -0.2) is 62.9 Å². The predicted molar refractivity (Wildman–Crippen MR) is 70.9 cm³/mol. The lowest BCUT2D eigenvalue weighted by Crippen LogP contribution is -2.42. The number of ether oxygens (including phenoxy) is 2. The molecule has 3 saturated heterocycles. The molecular formula is C14H24N2O3. The predicted octanol–water partition coefficient (Wildman–Crippen LogP) is 0.394. The van der Waals surface area contributed by atoms with Gasteiger partial charge in [0, 0.05) is 19.5 Å². The van der Waals surface area contributed by atoms with E-state index in [0.717, 1.165) is 71.7 Å². The Bertz CT molecular complexity index is 321. The van der Waals surface area contributed by atoms with Crippen LogP contribution in [0.2, 0.25) is 0 Å². The van der Waals surface area contributed by atoms with Gasteiger partial charge >= 0.3 is 0 Å². The van der Waals surface area contributed by atoms with Gasteiger partial charge in [0.15, 0.2) is 0 Å². The molecule has 1 atom stereocenters. The molecule has 0 aliphatic carbocycles. The number of hydrogen-bond acceptors (Lipinski definition) is 4. The highest BCUT2D eigenvalue weighted by atomic mass is 16.6. The summed E-state index contributed by atoms with van der Waals surface area (Å²) in [5.74, 6) is 0.237. The molecule has 3 rings (SSSR count). The maximum absolute atomic E-state index is 11.4. The van der Waals surface area contributed by atoms with Crippen LogP contribution in [0.4, 0.5) is 0 Å². The molecule has 1 N–H and O–H groups in total. The smallest absolute Gasteiger partial charge is 0.220 e. The summed E-state index contributed by atoms with van der Waals surface area (Å²) in [5, 5.41) is 2.98. The molecule has 0 saturated carbocycles. The summed E-state index contributed by atoms with van der Waals surface area (Å²) in [6.07, 6.45) is 4.37. The van der Waals surface area contributed by atoms with E-state index in [1.165, 1.54) is 0 Å². The van der Waals surface area contributed by atoms with E-state index < -0.39 is 0 Å². The average Bonchev–Trinajstić information content (AvgIpc) is 2.81. The van der Waals surface area contributed by atoms with Gasteiger partial charge in [0.2, 0.25) is 5.91 Å². The lowest BCUT2D eigenvalue weighted by atomic mass is 9.77. The fourth-order valence-corrected chi connectivity index (χ4v) is 3.39. The largest absolute Gasteiger partial charge is 0.376 e. The summed E-state index contributed by atoms with van der Waals surface area (Å²) < 4.78 is 11.1. The molecule has 3 fully saturated rings. The van der Waals surface area contributed by atoms with Crippen molar-refractivity contribution < 1.29 is 14.3 Å². The fourth-order valence-electron chi connectivity index (χ4n) is 3.39. The van der Waals surface area contributed by atoms with Crippen LogP contribution in [0.3, 0.4) is 0 Å². The minimum absolute atomic E-state index is 0.237. The molecule has 108 valence electrons. The number of nitrogens with zero attached hydrogens (tertiary/aromatic N) is 1. The first-order chi connectivity index (χ1) is 9.26. The van der Waals surface area contributed by atoms with Gasteiger partial charge in [0.1, 0.15) is 0 Å². The first-order valence-corrected chi connectivity index (χ1v) is 7.44. The van der Waals surface area contributed by atoms with Crippen LogP contribution in [0.25, 0.3) is 0 Å². The zero-order chi connectivity index (χ0) is 13.1. The van der Waals surface area contributed by atoms with Crippen molar-refractivity contribution in [3.63, 3.8) is 0 Å². The van der Waals surface area contributed by atoms with Crippen LogP contribution in [0.5, 0.6) is 0 Å². The first-order valence-electron chi connectivity index (χ1n) is 7.44. The topological polar surface area (TPSA) is 50.8 Å². The van der Waals surface area contributed by atoms with Gasteiger partial charge in [-0.15, -0.1) is 0 Å². The Morgan fingerprint density at radius 3 is 2.79 bits per heavy atom. The molecule has 5 heteroatoms. The van der Waals surface area contributed by atoms with E-state index in [2.05, 4.69) is 10.2 Å². The zero-order valence-electron chi connectivity index (χ0n) is 11.5. The summed E-state index contributed by atoms with van der Waals surface area (Å²) in [5.41, 5.74) is 0.262. The van der Waals surface area contributed by atoms with E-state index in [0.29, 0.717) is 0 Å². The molecule has 1 unspecified atom stereocenters. The molecule has 1 spiro atoms. The number of hydrogen-bond donors (Lipinski definition) is 1. The molecule has 3 heterocycles. The van der Waals surface area contributed by atoms with Crippen molar-refractivity contribution in [2.75, 3.05) is 46.0 Å². The SMILES string of the molecule is O=C1CC2(CCN(CCC3COCCO3)CC2)CN1. The highest BCUT2D eigenvalue weighted by Gasteiger charge is 2.40. The summed E-state index contributed by atoms with van der Waals surface area (Å²) in [7, 11) is 0. The Morgan fingerprint density at radius 1 is 1.32 bits per heavy atom. The highest BCUT2D eigenvalue weighted by Crippen LogP contribution is 2.37. The monoisotopic (exact) mass is 268 g/mol. The molecule has 3 aliphatic rings. The normalized spacial score (nSPS) is 31.6. The Balaban J connectivity index is 1.39. The van der Waals surface area contributed by atoms with E-state index in [-0.39, 0.29) is 17.4 Å². The summed E-state index contributed by atoms with van der Waals surface area (Å²) >= 11 is 0. The number of nitrogens with one attached hydrogen (secondary N) is 1. The first kappa shape index (κ1) is 13.3. The van der Waals surface area contributed by atoms with E-state index in [1.807, 2.05) is 0 Å². The van der Waals surface area contributed by atoms with Crippen molar-refractivity contribution in [2.24, 2.45) is 5.41 Å². The average molecular weight is 268 g/mol. The molecule has 3 aliphatic heterocycles. The van der Waals surface area contributed by atoms with Gasteiger partial charge < -0.3 is 19.7 Å². The van der Waals surface area contributed by atoms with Gasteiger partial charge in [0.25, 0.3) is 0 Å². The summed E-state index contributed by atoms with van der Waals surface area (Å²) in [6.45, 7) is 6.43. The lowest BCUT2D eigenvalue weighted by Gasteiger charge is -2.38. The minimum atomic E-state index is 0.237. The Kier molecular flexibility index (Phi) is 4.05. The molecule has 0 radical (unpaired) electrons. The molecular weight excluding hydrogens is 244 g/mol. The minimum Gasteiger partial charge on any atom is -0.376 e. The number of amides is 1. The van der Waals surface area contributed by atoms with Crippen LogP contribution in [0.15, 0.2) is 0 Å². The van der Waals surface area contributed by atoms with Crippen molar-refractivity contribution in [2.45, 2.75) is 31.8 Å². The maximum atomic E-state index is 11.4. The van der Waals surface area contributed by atoms with E-state index in [9.17, 15) is 4.79 Å². The molecule has 5 nitrogen and oxygen atoms in total. The third kappa shape index (κ3) is 3.27. The summed E-state index contributed by atoms with van der Waals surface area (Å²) in [4.78, 5) is 13.9. The number of rotatable bonds is 3. The third-order valence-corrected chi connectivity index (χ3v) is 4.77. The van der Waals surface area contributed by atoms with Crippen molar-refractivity contribution in [3.05, 3.63) is 0 Å². The molecule has 1 amide bonds. The van der Waals surface area contributed by atoms with Crippen molar-refractivity contribution in [1.82, 2.24) is 10.2 Å². The number of carbonyl (C=O) groups is 1. The Hall–Kier alpha value is -0.650. The van der Waals surface area contributed by atoms with Gasteiger partial charge in [-0.25, -0.2) is 0 Å². The van der Waals surface area contributed by atoms with Crippen molar-refractivity contribution in [3.8, 4) is 0 Å². The van der Waals surface area contributed by atoms with Gasteiger partial charge in [-0.1, -0.05) is 0 Å². The van der Waals surface area contributed by atoms with Gasteiger partial charge in [-0.3, -0.25) is 4.79 Å². The Labute approximate surface area is 114 Å². The second kappa shape index (κ2) is 5.77. The molecule has 0 bridgehead atoms. The van der Waals surface area contributed by atoms with Crippen LogP contribution < -0.4 is 5.32 Å². The Morgan fingerprint density at radius 2 is 2.16 bits per heavy atom. The second-order valence-corrected chi connectivity index (χ2v) is 6.15. The van der Waals surface area contributed by atoms with Crippen LogP contribution in [-0.2, 0) is 14.3 Å². The van der Waals surface area contributed by atoms with Crippen LogP contribution in [0.1, 0.15) is 25.7 Å². The van der Waals surface area contributed by atoms with Crippen LogP contribution >= 0.6 is 0 Å². The molecule has 0 aromatic carbocycles. The lowest BCUT2D eigenvalue weighted by molar-refractivity contribution is -0.119. The molecule has 0 aromatic heterocycles. The number of likely N-dealkylation sites (tertiary alicyclic amines) is 1. The summed E-state index contributed by atoms with van der Waals surface area (Å²) in [6, 6.07) is 0. The van der Waals surface area contributed by atoms with E-state index in [4.69, 9.17) is 9.47 Å². The highest BCUT2D eigenvalue weighted by molar-refractivity contribution is 5.79. The van der Waals surface area contributed by atoms with E-state index >= 15 is 0 Å². The van der Waals surface area contributed by atoms with Crippen molar-refractivity contribution in [1.29, 1.82) is 0 Å². The molecule has 0 aromatic rings. The standard InChI is InChI=1S/C14H24N2O3/c17-13-9-14(11-15-13)2-5-16(6-3-14)4-1-12-10-18-7-8-19-12/h12H,1-11H2,(H,15,17). The zero-order valence-corrected chi connectivity index (χ0v) is 11.5. The second-order valence-electron chi connectivity index (χ2n) is 6.15. The van der Waals surface area contributed by atoms with Gasteiger partial charge in [0.05, 0.1) is 25.9 Å². The third-order valence-electron chi connectivity index (χ3n) is 4.77. The van der Waals surface area contributed by atoms with Crippen molar-refractivity contribution >= 4 is 5.91 Å². The molecule has 19 heavy (non-hydrogen) atoms. The maximum Gasteiger partial charge on any atom is 0.220 e. The van der Waals surface area contributed by atoms with E-state index in [1.54, 1.807) is 0 Å². The fraction of sp³-hybridized carbons (Fsp3) is 0.929.